The van der Waals surface area contributed by atoms with E-state index in [0.29, 0.717) is 25.3 Å². The van der Waals surface area contributed by atoms with Crippen molar-refractivity contribution >= 4 is 17.8 Å². The van der Waals surface area contributed by atoms with Crippen LogP contribution in [0, 0.1) is 0 Å². The van der Waals surface area contributed by atoms with Crippen LogP contribution in [0.15, 0.2) is 30.3 Å². The topological polar surface area (TPSA) is 84.9 Å². The summed E-state index contributed by atoms with van der Waals surface area (Å²) in [4.78, 5) is 38.5. The maximum atomic E-state index is 12.8. The highest BCUT2D eigenvalue weighted by Crippen LogP contribution is 2.16. The molecule has 3 unspecified atom stereocenters. The molecule has 142 valence electrons. The summed E-state index contributed by atoms with van der Waals surface area (Å²) in [5, 5.41) is 2.70. The summed E-state index contributed by atoms with van der Waals surface area (Å²) in [6.07, 6.45) is -0.470. The predicted molar refractivity (Wildman–Crippen MR) is 95.5 cm³/mol. The minimum Gasteiger partial charge on any atom is -0.481 e. The Labute approximate surface area is 153 Å². The second-order valence-corrected chi connectivity index (χ2v) is 6.32. The molecule has 0 aliphatic carbocycles. The minimum absolute atomic E-state index is 0.167. The molecule has 1 N–H and O–H groups in total. The molecule has 3 atom stereocenters. The van der Waals surface area contributed by atoms with Crippen LogP contribution in [0.3, 0.4) is 0 Å². The van der Waals surface area contributed by atoms with Crippen molar-refractivity contribution in [1.82, 2.24) is 10.2 Å². The molecule has 1 aliphatic heterocycles. The smallest absolute Gasteiger partial charge is 0.308 e. The standard InChI is InChI=1S/C19H26N2O5/c1-4-13(2)25-17(22)12-16-18(23)20-10-11-21(16)19(24)14(3)26-15-8-6-5-7-9-15/h5-9,13-14,16H,4,10-12H2,1-3H3,(H,20,23). The van der Waals surface area contributed by atoms with Gasteiger partial charge in [0.1, 0.15) is 11.8 Å². The molecular weight excluding hydrogens is 336 g/mol. The number of carbonyl (C=O) groups excluding carboxylic acids is 3. The predicted octanol–water partition coefficient (Wildman–Crippen LogP) is 1.51. The monoisotopic (exact) mass is 362 g/mol. The van der Waals surface area contributed by atoms with Gasteiger partial charge in [-0.25, -0.2) is 0 Å². The maximum Gasteiger partial charge on any atom is 0.308 e. The number of nitrogens with zero attached hydrogens (tertiary/aromatic N) is 1. The third-order valence-corrected chi connectivity index (χ3v) is 4.29. The van der Waals surface area contributed by atoms with Gasteiger partial charge >= 0.3 is 5.97 Å². The van der Waals surface area contributed by atoms with Gasteiger partial charge in [0.25, 0.3) is 5.91 Å². The molecule has 1 aromatic rings. The molecule has 2 amide bonds. The van der Waals surface area contributed by atoms with Crippen LogP contribution >= 0.6 is 0 Å². The van der Waals surface area contributed by atoms with Gasteiger partial charge in [-0.2, -0.15) is 0 Å². The van der Waals surface area contributed by atoms with Crippen molar-refractivity contribution < 1.29 is 23.9 Å². The number of ether oxygens (including phenoxy) is 2. The van der Waals surface area contributed by atoms with Crippen molar-refractivity contribution in [1.29, 1.82) is 0 Å². The van der Waals surface area contributed by atoms with E-state index in [1.807, 2.05) is 25.1 Å². The van der Waals surface area contributed by atoms with E-state index in [0.717, 1.165) is 0 Å². The fourth-order valence-electron chi connectivity index (χ4n) is 2.68. The van der Waals surface area contributed by atoms with Crippen LogP contribution in [0.4, 0.5) is 0 Å². The van der Waals surface area contributed by atoms with Crippen molar-refractivity contribution in [3.63, 3.8) is 0 Å². The van der Waals surface area contributed by atoms with E-state index in [1.54, 1.807) is 26.0 Å². The molecule has 7 nitrogen and oxygen atoms in total. The zero-order chi connectivity index (χ0) is 19.1. The van der Waals surface area contributed by atoms with Crippen LogP contribution in [0.25, 0.3) is 0 Å². The van der Waals surface area contributed by atoms with Gasteiger partial charge in [-0.1, -0.05) is 25.1 Å². The lowest BCUT2D eigenvalue weighted by molar-refractivity contribution is -0.156. The van der Waals surface area contributed by atoms with Crippen molar-refractivity contribution in [2.45, 2.75) is 51.9 Å². The van der Waals surface area contributed by atoms with Crippen LogP contribution in [0.5, 0.6) is 5.75 Å². The molecule has 0 spiro atoms. The molecule has 1 aliphatic rings. The van der Waals surface area contributed by atoms with E-state index >= 15 is 0 Å². The summed E-state index contributed by atoms with van der Waals surface area (Å²) < 4.78 is 10.9. The first-order valence-corrected chi connectivity index (χ1v) is 8.91. The Morgan fingerprint density at radius 2 is 1.96 bits per heavy atom. The Hall–Kier alpha value is -2.57. The van der Waals surface area contributed by atoms with Crippen LogP contribution in [0.1, 0.15) is 33.6 Å². The van der Waals surface area contributed by atoms with Gasteiger partial charge in [-0.05, 0) is 32.4 Å². The van der Waals surface area contributed by atoms with Crippen LogP contribution in [0.2, 0.25) is 0 Å². The van der Waals surface area contributed by atoms with E-state index in [4.69, 9.17) is 9.47 Å². The minimum atomic E-state index is -0.880. The van der Waals surface area contributed by atoms with Gasteiger partial charge in [-0.3, -0.25) is 14.4 Å². The van der Waals surface area contributed by atoms with Gasteiger partial charge in [0.15, 0.2) is 6.10 Å². The van der Waals surface area contributed by atoms with E-state index in [-0.39, 0.29) is 24.3 Å². The maximum absolute atomic E-state index is 12.8. The van der Waals surface area contributed by atoms with Crippen molar-refractivity contribution in [2.75, 3.05) is 13.1 Å². The van der Waals surface area contributed by atoms with Gasteiger partial charge < -0.3 is 19.7 Å². The third kappa shape index (κ3) is 5.21. The van der Waals surface area contributed by atoms with Gasteiger partial charge in [-0.15, -0.1) is 0 Å². The van der Waals surface area contributed by atoms with Crippen LogP contribution in [-0.4, -0.2) is 54.0 Å². The Kier molecular flexibility index (Phi) is 7.00. The number of rotatable bonds is 7. The van der Waals surface area contributed by atoms with Crippen molar-refractivity contribution in [3.8, 4) is 5.75 Å². The number of carbonyl (C=O) groups is 3. The van der Waals surface area contributed by atoms with Crippen molar-refractivity contribution in [3.05, 3.63) is 30.3 Å². The first-order chi connectivity index (χ1) is 12.4. The number of nitrogens with one attached hydrogen (secondary N) is 1. The lowest BCUT2D eigenvalue weighted by Gasteiger charge is -2.36. The fraction of sp³-hybridized carbons (Fsp3) is 0.526. The van der Waals surface area contributed by atoms with E-state index in [9.17, 15) is 14.4 Å². The number of para-hydroxylation sites is 1. The molecule has 2 rings (SSSR count). The molecule has 7 heteroatoms. The average molecular weight is 362 g/mol. The fourth-order valence-corrected chi connectivity index (χ4v) is 2.68. The molecule has 1 fully saturated rings. The highest BCUT2D eigenvalue weighted by atomic mass is 16.5. The number of amides is 2. The highest BCUT2D eigenvalue weighted by molar-refractivity contribution is 5.93. The van der Waals surface area contributed by atoms with Crippen LogP contribution in [-0.2, 0) is 19.1 Å². The lowest BCUT2D eigenvalue weighted by Crippen LogP contribution is -2.60. The Bertz CT molecular complexity index is 634. The number of benzene rings is 1. The molecule has 1 heterocycles. The summed E-state index contributed by atoms with van der Waals surface area (Å²) in [6.45, 7) is 6.01. The Morgan fingerprint density at radius 3 is 2.62 bits per heavy atom. The lowest BCUT2D eigenvalue weighted by atomic mass is 10.1. The number of hydrogen-bond donors (Lipinski definition) is 1. The van der Waals surface area contributed by atoms with Gasteiger partial charge in [0.2, 0.25) is 5.91 Å². The normalized spacial score (nSPS) is 19.3. The molecule has 0 aromatic heterocycles. The molecule has 0 bridgehead atoms. The quantitative estimate of drug-likeness (QED) is 0.743. The zero-order valence-electron chi connectivity index (χ0n) is 15.4. The highest BCUT2D eigenvalue weighted by Gasteiger charge is 2.37. The number of hydrogen-bond acceptors (Lipinski definition) is 5. The number of piperazine rings is 1. The molecule has 1 saturated heterocycles. The molecule has 26 heavy (non-hydrogen) atoms. The molecule has 0 radical (unpaired) electrons. The zero-order valence-corrected chi connectivity index (χ0v) is 15.4. The first-order valence-electron chi connectivity index (χ1n) is 8.91. The Balaban J connectivity index is 2.04. The summed E-state index contributed by atoms with van der Waals surface area (Å²) in [6, 6.07) is 8.12. The second kappa shape index (κ2) is 9.22. The van der Waals surface area contributed by atoms with E-state index < -0.39 is 18.1 Å². The molecule has 1 aromatic carbocycles. The van der Waals surface area contributed by atoms with E-state index in [1.165, 1.54) is 4.90 Å². The van der Waals surface area contributed by atoms with Gasteiger partial charge in [0, 0.05) is 13.1 Å². The summed E-state index contributed by atoms with van der Waals surface area (Å²) in [5.41, 5.74) is 0. The Morgan fingerprint density at radius 1 is 1.27 bits per heavy atom. The molecular formula is C19H26N2O5. The van der Waals surface area contributed by atoms with Crippen LogP contribution < -0.4 is 10.1 Å². The van der Waals surface area contributed by atoms with Crippen molar-refractivity contribution in [2.24, 2.45) is 0 Å². The average Bonchev–Trinajstić information content (AvgIpc) is 2.63. The second-order valence-electron chi connectivity index (χ2n) is 6.32. The first kappa shape index (κ1) is 19.8. The largest absolute Gasteiger partial charge is 0.481 e. The SMILES string of the molecule is CCC(C)OC(=O)CC1C(=O)NCCN1C(=O)C(C)Oc1ccccc1. The molecule has 0 saturated carbocycles. The van der Waals surface area contributed by atoms with Gasteiger partial charge in [0.05, 0.1) is 12.5 Å². The number of esters is 1. The summed E-state index contributed by atoms with van der Waals surface area (Å²) >= 11 is 0. The third-order valence-electron chi connectivity index (χ3n) is 4.29. The van der Waals surface area contributed by atoms with E-state index in [2.05, 4.69) is 5.32 Å². The summed E-state index contributed by atoms with van der Waals surface area (Å²) in [5.74, 6) is -0.596. The summed E-state index contributed by atoms with van der Waals surface area (Å²) in [7, 11) is 0.